The van der Waals surface area contributed by atoms with Crippen LogP contribution in [-0.2, 0) is 0 Å². The molecule has 0 saturated heterocycles. The summed E-state index contributed by atoms with van der Waals surface area (Å²) in [6.45, 7) is 2.08. The predicted molar refractivity (Wildman–Crippen MR) is 72.2 cm³/mol. The smallest absolute Gasteiger partial charge is 0.201 e. The Bertz CT molecular complexity index is 673. The SMILES string of the molecule is CC(c1ccccn1)n1c(N)nc2ccccc21. The van der Waals surface area contributed by atoms with Crippen LogP contribution in [0.4, 0.5) is 5.95 Å². The van der Waals surface area contributed by atoms with Gasteiger partial charge in [-0.15, -0.1) is 0 Å². The Morgan fingerprint density at radius 2 is 1.89 bits per heavy atom. The molecule has 0 spiro atoms. The maximum Gasteiger partial charge on any atom is 0.201 e. The molecule has 1 atom stereocenters. The van der Waals surface area contributed by atoms with Crippen LogP contribution in [0.2, 0.25) is 0 Å². The van der Waals surface area contributed by atoms with Crippen molar-refractivity contribution < 1.29 is 0 Å². The summed E-state index contributed by atoms with van der Waals surface area (Å²) < 4.78 is 2.01. The Labute approximate surface area is 105 Å². The molecule has 0 fully saturated rings. The van der Waals surface area contributed by atoms with Crippen molar-refractivity contribution >= 4 is 17.0 Å². The molecule has 3 aromatic rings. The van der Waals surface area contributed by atoms with Gasteiger partial charge in [-0.25, -0.2) is 4.98 Å². The van der Waals surface area contributed by atoms with Gasteiger partial charge in [0, 0.05) is 6.20 Å². The first-order valence-corrected chi connectivity index (χ1v) is 5.91. The van der Waals surface area contributed by atoms with Crippen LogP contribution in [0.5, 0.6) is 0 Å². The molecule has 2 aromatic heterocycles. The quantitative estimate of drug-likeness (QED) is 0.746. The normalized spacial score (nSPS) is 12.7. The molecule has 0 aliphatic rings. The van der Waals surface area contributed by atoms with Gasteiger partial charge in [-0.1, -0.05) is 18.2 Å². The third kappa shape index (κ3) is 1.62. The summed E-state index contributed by atoms with van der Waals surface area (Å²) in [5, 5.41) is 0. The summed E-state index contributed by atoms with van der Waals surface area (Å²) in [6.07, 6.45) is 1.79. The van der Waals surface area contributed by atoms with Gasteiger partial charge >= 0.3 is 0 Å². The number of fused-ring (bicyclic) bond motifs is 1. The number of pyridine rings is 1. The van der Waals surface area contributed by atoms with Gasteiger partial charge < -0.3 is 10.3 Å². The molecule has 4 nitrogen and oxygen atoms in total. The summed E-state index contributed by atoms with van der Waals surface area (Å²) in [5.74, 6) is 0.523. The molecule has 0 bridgehead atoms. The number of nitrogen functional groups attached to an aromatic ring is 1. The van der Waals surface area contributed by atoms with Crippen molar-refractivity contribution in [3.05, 3.63) is 54.4 Å². The molecule has 0 amide bonds. The zero-order valence-corrected chi connectivity index (χ0v) is 10.1. The highest BCUT2D eigenvalue weighted by molar-refractivity contribution is 5.78. The first-order chi connectivity index (χ1) is 8.77. The van der Waals surface area contributed by atoms with E-state index in [1.54, 1.807) is 6.20 Å². The van der Waals surface area contributed by atoms with E-state index in [1.165, 1.54) is 0 Å². The number of aromatic nitrogens is 3. The maximum absolute atomic E-state index is 6.02. The number of benzene rings is 1. The van der Waals surface area contributed by atoms with Crippen LogP contribution in [-0.4, -0.2) is 14.5 Å². The van der Waals surface area contributed by atoms with Gasteiger partial charge in [-0.3, -0.25) is 4.98 Å². The lowest BCUT2D eigenvalue weighted by atomic mass is 10.2. The van der Waals surface area contributed by atoms with Crippen molar-refractivity contribution in [1.82, 2.24) is 14.5 Å². The first-order valence-electron chi connectivity index (χ1n) is 5.91. The highest BCUT2D eigenvalue weighted by Gasteiger charge is 2.15. The second kappa shape index (κ2) is 4.14. The van der Waals surface area contributed by atoms with Crippen LogP contribution in [0, 0.1) is 0 Å². The van der Waals surface area contributed by atoms with Crippen molar-refractivity contribution in [3.63, 3.8) is 0 Å². The molecule has 2 heterocycles. The number of rotatable bonds is 2. The lowest BCUT2D eigenvalue weighted by Crippen LogP contribution is -2.11. The van der Waals surface area contributed by atoms with Gasteiger partial charge in [0.2, 0.25) is 5.95 Å². The minimum absolute atomic E-state index is 0.0681. The molecule has 1 unspecified atom stereocenters. The second-order valence-electron chi connectivity index (χ2n) is 4.26. The fourth-order valence-corrected chi connectivity index (χ4v) is 2.23. The molecule has 2 N–H and O–H groups in total. The van der Waals surface area contributed by atoms with E-state index < -0.39 is 0 Å². The summed E-state index contributed by atoms with van der Waals surface area (Å²) in [7, 11) is 0. The van der Waals surface area contributed by atoms with Gasteiger partial charge in [0.15, 0.2) is 0 Å². The fraction of sp³-hybridized carbons (Fsp3) is 0.143. The number of nitrogens with zero attached hydrogens (tertiary/aromatic N) is 3. The van der Waals surface area contributed by atoms with Gasteiger partial charge in [-0.05, 0) is 31.2 Å². The lowest BCUT2D eigenvalue weighted by Gasteiger charge is -2.15. The molecular formula is C14H14N4. The van der Waals surface area contributed by atoms with Crippen LogP contribution in [0.15, 0.2) is 48.7 Å². The summed E-state index contributed by atoms with van der Waals surface area (Å²) >= 11 is 0. The van der Waals surface area contributed by atoms with E-state index in [2.05, 4.69) is 16.9 Å². The Kier molecular flexibility index (Phi) is 2.48. The van der Waals surface area contributed by atoms with Crippen molar-refractivity contribution in [1.29, 1.82) is 0 Å². The summed E-state index contributed by atoms with van der Waals surface area (Å²) in [5.41, 5.74) is 8.94. The van der Waals surface area contributed by atoms with E-state index >= 15 is 0 Å². The zero-order valence-electron chi connectivity index (χ0n) is 10.1. The van der Waals surface area contributed by atoms with Crippen molar-refractivity contribution in [3.8, 4) is 0 Å². The standard InChI is InChI=1S/C14H14N4/c1-10(11-6-4-5-9-16-11)18-13-8-3-2-7-12(13)17-14(18)15/h2-10H,1H3,(H2,15,17). The van der Waals surface area contributed by atoms with Gasteiger partial charge in [-0.2, -0.15) is 0 Å². The van der Waals surface area contributed by atoms with Crippen LogP contribution < -0.4 is 5.73 Å². The third-order valence-electron chi connectivity index (χ3n) is 3.13. The minimum Gasteiger partial charge on any atom is -0.369 e. The number of para-hydroxylation sites is 2. The maximum atomic E-state index is 6.02. The molecule has 18 heavy (non-hydrogen) atoms. The first kappa shape index (κ1) is 10.8. The highest BCUT2D eigenvalue weighted by atomic mass is 15.2. The average molecular weight is 238 g/mol. The number of hydrogen-bond donors (Lipinski definition) is 1. The molecule has 4 heteroatoms. The Morgan fingerprint density at radius 3 is 2.67 bits per heavy atom. The van der Waals surface area contributed by atoms with E-state index in [9.17, 15) is 0 Å². The lowest BCUT2D eigenvalue weighted by molar-refractivity contribution is 0.647. The zero-order chi connectivity index (χ0) is 12.5. The molecule has 0 saturated carbocycles. The second-order valence-corrected chi connectivity index (χ2v) is 4.26. The Balaban J connectivity index is 2.17. The van der Waals surface area contributed by atoms with E-state index in [0.29, 0.717) is 5.95 Å². The molecule has 0 aliphatic carbocycles. The number of imidazole rings is 1. The monoisotopic (exact) mass is 238 g/mol. The van der Waals surface area contributed by atoms with Crippen molar-refractivity contribution in [2.75, 3.05) is 5.73 Å². The Morgan fingerprint density at radius 1 is 1.11 bits per heavy atom. The molecule has 3 rings (SSSR count). The highest BCUT2D eigenvalue weighted by Crippen LogP contribution is 2.25. The average Bonchev–Trinajstić information content (AvgIpc) is 2.75. The molecule has 0 radical (unpaired) electrons. The molecule has 90 valence electrons. The summed E-state index contributed by atoms with van der Waals surface area (Å²) in [6, 6.07) is 13.9. The van der Waals surface area contributed by atoms with Crippen LogP contribution >= 0.6 is 0 Å². The molecule has 1 aromatic carbocycles. The molecule has 0 aliphatic heterocycles. The summed E-state index contributed by atoms with van der Waals surface area (Å²) in [4.78, 5) is 8.75. The largest absolute Gasteiger partial charge is 0.369 e. The van der Waals surface area contributed by atoms with Crippen LogP contribution in [0.1, 0.15) is 18.7 Å². The van der Waals surface area contributed by atoms with E-state index in [4.69, 9.17) is 5.73 Å². The van der Waals surface area contributed by atoms with Gasteiger partial charge in [0.1, 0.15) is 0 Å². The number of anilines is 1. The van der Waals surface area contributed by atoms with E-state index in [-0.39, 0.29) is 6.04 Å². The van der Waals surface area contributed by atoms with Crippen LogP contribution in [0.25, 0.3) is 11.0 Å². The van der Waals surface area contributed by atoms with Crippen molar-refractivity contribution in [2.45, 2.75) is 13.0 Å². The van der Waals surface area contributed by atoms with E-state index in [0.717, 1.165) is 16.7 Å². The number of hydrogen-bond acceptors (Lipinski definition) is 3. The minimum atomic E-state index is 0.0681. The third-order valence-corrected chi connectivity index (χ3v) is 3.13. The van der Waals surface area contributed by atoms with Gasteiger partial charge in [0.25, 0.3) is 0 Å². The topological polar surface area (TPSA) is 56.7 Å². The van der Waals surface area contributed by atoms with Gasteiger partial charge in [0.05, 0.1) is 22.8 Å². The van der Waals surface area contributed by atoms with Crippen LogP contribution in [0.3, 0.4) is 0 Å². The fourth-order valence-electron chi connectivity index (χ4n) is 2.23. The Hall–Kier alpha value is -2.36. The van der Waals surface area contributed by atoms with E-state index in [1.807, 2.05) is 47.0 Å². The van der Waals surface area contributed by atoms with Crippen molar-refractivity contribution in [2.24, 2.45) is 0 Å². The predicted octanol–water partition coefficient (Wildman–Crippen LogP) is 2.62. The molecular weight excluding hydrogens is 224 g/mol. The number of nitrogens with two attached hydrogens (primary N) is 1.